The summed E-state index contributed by atoms with van der Waals surface area (Å²) in [5.74, 6) is 0. The van der Waals surface area contributed by atoms with Crippen molar-refractivity contribution in [2.45, 2.75) is 13.5 Å². The molecule has 0 saturated heterocycles. The van der Waals surface area contributed by atoms with Crippen molar-refractivity contribution in [1.29, 1.82) is 0 Å². The maximum atomic E-state index is 9.02. The molecule has 1 aromatic carbocycles. The lowest BCUT2D eigenvalue weighted by Crippen LogP contribution is -2.25. The summed E-state index contributed by atoms with van der Waals surface area (Å²) in [6.45, 7) is 4.94. The van der Waals surface area contributed by atoms with Crippen molar-refractivity contribution in [2.75, 3.05) is 19.7 Å². The molecule has 0 aliphatic carbocycles. The van der Waals surface area contributed by atoms with Crippen LogP contribution in [0.4, 0.5) is 0 Å². The summed E-state index contributed by atoms with van der Waals surface area (Å²) in [6.07, 6.45) is 0. The molecule has 0 fully saturated rings. The number of hydrogen-bond donors (Lipinski definition) is 1. The molecule has 2 aromatic rings. The van der Waals surface area contributed by atoms with Crippen molar-refractivity contribution in [3.05, 3.63) is 33.6 Å². The molecule has 2 rings (SSSR count). The maximum absolute atomic E-state index is 9.02. The van der Waals surface area contributed by atoms with Crippen molar-refractivity contribution >= 4 is 49.8 Å². The Kier molecular flexibility index (Phi) is 6.60. The zero-order valence-corrected chi connectivity index (χ0v) is 13.4. The summed E-state index contributed by atoms with van der Waals surface area (Å²) in [5.41, 5.74) is 1.34. The Hall–Kier alpha value is -0.130. The van der Waals surface area contributed by atoms with Gasteiger partial charge in [-0.2, -0.15) is 0 Å². The minimum atomic E-state index is 0. The number of benzene rings is 1. The Morgan fingerprint density at radius 1 is 1.39 bits per heavy atom. The van der Waals surface area contributed by atoms with Gasteiger partial charge in [-0.05, 0) is 29.6 Å². The zero-order chi connectivity index (χ0) is 12.3. The molecule has 1 N–H and O–H groups in total. The number of thiophene rings is 1. The van der Waals surface area contributed by atoms with E-state index in [9.17, 15) is 0 Å². The minimum Gasteiger partial charge on any atom is -0.395 e. The first kappa shape index (κ1) is 15.9. The highest BCUT2D eigenvalue weighted by molar-refractivity contribution is 9.10. The zero-order valence-electron chi connectivity index (χ0n) is 10.2. The summed E-state index contributed by atoms with van der Waals surface area (Å²) in [7, 11) is 0. The van der Waals surface area contributed by atoms with Crippen LogP contribution in [0, 0.1) is 0 Å². The Balaban J connectivity index is 0.00000162. The number of likely N-dealkylation sites (N-methyl/N-ethyl adjacent to an activating group) is 1. The van der Waals surface area contributed by atoms with Gasteiger partial charge in [-0.1, -0.05) is 28.9 Å². The van der Waals surface area contributed by atoms with E-state index in [2.05, 4.69) is 51.3 Å². The quantitative estimate of drug-likeness (QED) is 0.884. The average Bonchev–Trinajstić information content (AvgIpc) is 2.73. The van der Waals surface area contributed by atoms with Gasteiger partial charge < -0.3 is 5.11 Å². The van der Waals surface area contributed by atoms with E-state index in [-0.39, 0.29) is 19.0 Å². The minimum absolute atomic E-state index is 0. The molecule has 1 heterocycles. The second kappa shape index (κ2) is 7.46. The van der Waals surface area contributed by atoms with Crippen LogP contribution in [-0.4, -0.2) is 29.7 Å². The van der Waals surface area contributed by atoms with E-state index >= 15 is 0 Å². The standard InChI is InChI=1S/C13H16BrNOS.ClH/c1-2-15(6-7-16)8-10-9-17-12-5-3-4-11(14)13(10)12;/h3-5,9,16H,2,6-8H2,1H3;1H. The Bertz CT molecular complexity index is 503. The third-order valence-corrected chi connectivity index (χ3v) is 4.54. The topological polar surface area (TPSA) is 23.5 Å². The van der Waals surface area contributed by atoms with Crippen molar-refractivity contribution in [2.24, 2.45) is 0 Å². The fourth-order valence-corrected chi connectivity index (χ4v) is 3.69. The summed E-state index contributed by atoms with van der Waals surface area (Å²) >= 11 is 5.40. The SMILES string of the molecule is CCN(CCO)Cc1csc2cccc(Br)c12.Cl. The monoisotopic (exact) mass is 349 g/mol. The van der Waals surface area contributed by atoms with E-state index in [4.69, 9.17) is 5.11 Å². The lowest BCUT2D eigenvalue weighted by atomic mass is 10.1. The van der Waals surface area contributed by atoms with Crippen LogP contribution in [0.15, 0.2) is 28.1 Å². The maximum Gasteiger partial charge on any atom is 0.0558 e. The van der Waals surface area contributed by atoms with E-state index in [0.29, 0.717) is 0 Å². The Morgan fingerprint density at radius 2 is 2.17 bits per heavy atom. The van der Waals surface area contributed by atoms with Gasteiger partial charge >= 0.3 is 0 Å². The van der Waals surface area contributed by atoms with Crippen molar-refractivity contribution in [1.82, 2.24) is 4.90 Å². The highest BCUT2D eigenvalue weighted by Crippen LogP contribution is 2.32. The Morgan fingerprint density at radius 3 is 2.83 bits per heavy atom. The van der Waals surface area contributed by atoms with Crippen molar-refractivity contribution in [3.8, 4) is 0 Å². The smallest absolute Gasteiger partial charge is 0.0558 e. The molecule has 0 spiro atoms. The third kappa shape index (κ3) is 3.45. The molecule has 0 unspecified atom stereocenters. The molecule has 0 aliphatic rings. The molecule has 2 nitrogen and oxygen atoms in total. The largest absolute Gasteiger partial charge is 0.395 e. The number of aliphatic hydroxyl groups excluding tert-OH is 1. The summed E-state index contributed by atoms with van der Waals surface area (Å²) < 4.78 is 2.47. The van der Waals surface area contributed by atoms with Crippen molar-refractivity contribution < 1.29 is 5.11 Å². The molecule has 1 aromatic heterocycles. The molecule has 0 aliphatic heterocycles. The van der Waals surface area contributed by atoms with Gasteiger partial charge in [0.05, 0.1) is 6.61 Å². The van der Waals surface area contributed by atoms with E-state index in [1.165, 1.54) is 15.6 Å². The number of fused-ring (bicyclic) bond motifs is 1. The van der Waals surface area contributed by atoms with Crippen LogP contribution in [-0.2, 0) is 6.54 Å². The van der Waals surface area contributed by atoms with Gasteiger partial charge in [-0.15, -0.1) is 23.7 Å². The molecule has 100 valence electrons. The predicted octanol–water partition coefficient (Wildman–Crippen LogP) is 3.90. The number of rotatable bonds is 5. The van der Waals surface area contributed by atoms with Gasteiger partial charge in [-0.3, -0.25) is 4.90 Å². The Labute approximate surface area is 126 Å². The number of aliphatic hydroxyl groups is 1. The second-order valence-electron chi connectivity index (χ2n) is 3.97. The molecule has 0 saturated carbocycles. The lowest BCUT2D eigenvalue weighted by Gasteiger charge is -2.18. The fraction of sp³-hybridized carbons (Fsp3) is 0.385. The molecule has 0 bridgehead atoms. The van der Waals surface area contributed by atoms with Gasteiger partial charge in [0.2, 0.25) is 0 Å². The van der Waals surface area contributed by atoms with Crippen LogP contribution in [0.5, 0.6) is 0 Å². The van der Waals surface area contributed by atoms with E-state index < -0.39 is 0 Å². The van der Waals surface area contributed by atoms with E-state index in [1.54, 1.807) is 11.3 Å². The summed E-state index contributed by atoms with van der Waals surface area (Å²) in [4.78, 5) is 2.25. The first-order chi connectivity index (χ1) is 8.26. The molecule has 0 radical (unpaired) electrons. The van der Waals surface area contributed by atoms with Crippen LogP contribution in [0.25, 0.3) is 10.1 Å². The first-order valence-electron chi connectivity index (χ1n) is 5.74. The number of nitrogens with zero attached hydrogens (tertiary/aromatic N) is 1. The van der Waals surface area contributed by atoms with Gasteiger partial charge in [0.25, 0.3) is 0 Å². The van der Waals surface area contributed by atoms with Crippen LogP contribution in [0.3, 0.4) is 0 Å². The van der Waals surface area contributed by atoms with Gasteiger partial charge in [0, 0.05) is 27.6 Å². The van der Waals surface area contributed by atoms with E-state index in [0.717, 1.165) is 24.1 Å². The number of hydrogen-bond acceptors (Lipinski definition) is 3. The first-order valence-corrected chi connectivity index (χ1v) is 7.41. The second-order valence-corrected chi connectivity index (χ2v) is 5.73. The highest BCUT2D eigenvalue weighted by atomic mass is 79.9. The normalized spacial score (nSPS) is 10.9. The predicted molar refractivity (Wildman–Crippen MR) is 84.8 cm³/mol. The third-order valence-electron chi connectivity index (χ3n) is 2.88. The van der Waals surface area contributed by atoms with Crippen LogP contribution in [0.1, 0.15) is 12.5 Å². The fourth-order valence-electron chi connectivity index (χ4n) is 1.96. The number of halogens is 2. The van der Waals surface area contributed by atoms with Gasteiger partial charge in [-0.25, -0.2) is 0 Å². The highest BCUT2D eigenvalue weighted by Gasteiger charge is 2.10. The molecule has 18 heavy (non-hydrogen) atoms. The lowest BCUT2D eigenvalue weighted by molar-refractivity contribution is 0.197. The molecule has 0 amide bonds. The molecular formula is C13H17BrClNOS. The average molecular weight is 351 g/mol. The van der Waals surface area contributed by atoms with Crippen LogP contribution < -0.4 is 0 Å². The van der Waals surface area contributed by atoms with E-state index in [1.807, 2.05) is 0 Å². The van der Waals surface area contributed by atoms with Gasteiger partial charge in [0.1, 0.15) is 0 Å². The van der Waals surface area contributed by atoms with Crippen LogP contribution >= 0.6 is 39.7 Å². The summed E-state index contributed by atoms with van der Waals surface area (Å²) in [5, 5.41) is 12.5. The molecule has 5 heteroatoms. The summed E-state index contributed by atoms with van der Waals surface area (Å²) in [6, 6.07) is 6.30. The molecular weight excluding hydrogens is 334 g/mol. The molecule has 0 atom stereocenters. The van der Waals surface area contributed by atoms with Crippen LogP contribution in [0.2, 0.25) is 0 Å². The van der Waals surface area contributed by atoms with Gasteiger partial charge in [0.15, 0.2) is 0 Å². The van der Waals surface area contributed by atoms with Crippen molar-refractivity contribution in [3.63, 3.8) is 0 Å².